The number of nitrogens with one attached hydrogen (secondary N) is 1. The molecule has 2 atom stereocenters. The number of amides is 1. The van der Waals surface area contributed by atoms with E-state index in [1.54, 1.807) is 11.9 Å². The Labute approximate surface area is 79.8 Å². The molecule has 0 radical (unpaired) electrons. The number of nitrogens with zero attached hydrogens (tertiary/aromatic N) is 1. The Morgan fingerprint density at radius 3 is 2.92 bits per heavy atom. The maximum atomic E-state index is 11.3. The van der Waals surface area contributed by atoms with Gasteiger partial charge in [-0.05, 0) is 13.0 Å². The molecule has 2 unspecified atom stereocenters. The van der Waals surface area contributed by atoms with Crippen LogP contribution >= 0.6 is 0 Å². The summed E-state index contributed by atoms with van der Waals surface area (Å²) in [6, 6.07) is 0.177. The predicted molar refractivity (Wildman–Crippen MR) is 49.7 cm³/mol. The minimum atomic E-state index is -2.03. The molecule has 0 spiro atoms. The molecule has 0 aromatic rings. The first kappa shape index (κ1) is 10.6. The molecule has 2 N–H and O–H groups in total. The zero-order valence-corrected chi connectivity index (χ0v) is 8.34. The highest BCUT2D eigenvalue weighted by atomic mass is 32.2. The van der Waals surface area contributed by atoms with Crippen molar-refractivity contribution in [3.63, 3.8) is 0 Å². The van der Waals surface area contributed by atoms with Crippen molar-refractivity contribution in [1.29, 1.82) is 0 Å². The second-order valence-electron chi connectivity index (χ2n) is 3.12. The van der Waals surface area contributed by atoms with Gasteiger partial charge in [0, 0.05) is 19.6 Å². The maximum absolute atomic E-state index is 11.3. The summed E-state index contributed by atoms with van der Waals surface area (Å²) in [5.41, 5.74) is 0. The number of carbonyl (C=O) groups excluding carboxylic acids is 1. The zero-order valence-electron chi connectivity index (χ0n) is 7.52. The van der Waals surface area contributed by atoms with Crippen molar-refractivity contribution in [2.24, 2.45) is 0 Å². The van der Waals surface area contributed by atoms with Gasteiger partial charge >= 0.3 is 0 Å². The SMILES string of the molecule is CN(C(=O)CS(=O)O)C1CCNC1. The first-order valence-corrected chi connectivity index (χ1v) is 5.42. The Balaban J connectivity index is 2.41. The fourth-order valence-electron chi connectivity index (χ4n) is 1.38. The van der Waals surface area contributed by atoms with Gasteiger partial charge in [-0.1, -0.05) is 0 Å². The van der Waals surface area contributed by atoms with Gasteiger partial charge in [0.1, 0.15) is 5.75 Å². The fourth-order valence-corrected chi connectivity index (χ4v) is 1.80. The summed E-state index contributed by atoms with van der Waals surface area (Å²) >= 11 is -2.03. The van der Waals surface area contributed by atoms with Crippen LogP contribution in [0.1, 0.15) is 6.42 Å². The average molecular weight is 206 g/mol. The predicted octanol–water partition coefficient (Wildman–Crippen LogP) is -0.972. The van der Waals surface area contributed by atoms with E-state index in [1.165, 1.54) is 0 Å². The normalized spacial score (nSPS) is 24.3. The Hall–Kier alpha value is -0.460. The lowest BCUT2D eigenvalue weighted by molar-refractivity contribution is -0.128. The van der Waals surface area contributed by atoms with E-state index in [1.807, 2.05) is 0 Å². The summed E-state index contributed by atoms with van der Waals surface area (Å²) in [6.45, 7) is 1.69. The maximum Gasteiger partial charge on any atom is 0.237 e. The molecule has 0 aromatic heterocycles. The Bertz CT molecular complexity index is 216. The topological polar surface area (TPSA) is 69.6 Å². The lowest BCUT2D eigenvalue weighted by Gasteiger charge is -2.22. The summed E-state index contributed by atoms with van der Waals surface area (Å²) in [5.74, 6) is -0.568. The van der Waals surface area contributed by atoms with Gasteiger partial charge in [-0.25, -0.2) is 4.21 Å². The fraction of sp³-hybridized carbons (Fsp3) is 0.857. The molecule has 1 aliphatic rings. The van der Waals surface area contributed by atoms with Gasteiger partial charge in [0.15, 0.2) is 11.1 Å². The van der Waals surface area contributed by atoms with Crippen molar-refractivity contribution >= 4 is 17.0 Å². The molecule has 1 aliphatic heterocycles. The van der Waals surface area contributed by atoms with E-state index in [2.05, 4.69) is 5.32 Å². The third kappa shape index (κ3) is 3.06. The van der Waals surface area contributed by atoms with E-state index in [0.717, 1.165) is 19.5 Å². The molecule has 13 heavy (non-hydrogen) atoms. The Morgan fingerprint density at radius 2 is 2.46 bits per heavy atom. The highest BCUT2D eigenvalue weighted by Crippen LogP contribution is 2.06. The van der Waals surface area contributed by atoms with E-state index in [-0.39, 0.29) is 17.7 Å². The molecule has 76 valence electrons. The molecule has 6 heteroatoms. The highest BCUT2D eigenvalue weighted by Gasteiger charge is 2.23. The van der Waals surface area contributed by atoms with Crippen LogP contribution in [-0.2, 0) is 15.9 Å². The largest absolute Gasteiger partial charge is 0.341 e. The first-order valence-electron chi connectivity index (χ1n) is 4.15. The van der Waals surface area contributed by atoms with Gasteiger partial charge in [0.05, 0.1) is 0 Å². The zero-order chi connectivity index (χ0) is 9.84. The van der Waals surface area contributed by atoms with Crippen LogP contribution < -0.4 is 5.32 Å². The van der Waals surface area contributed by atoms with Crippen molar-refractivity contribution in [3.05, 3.63) is 0 Å². The number of hydrogen-bond donors (Lipinski definition) is 2. The standard InChI is InChI=1S/C7H14N2O3S/c1-9(6-2-3-8-4-6)7(10)5-13(11)12/h6,8H,2-5H2,1H3,(H,11,12). The molecule has 1 saturated heterocycles. The second kappa shape index (κ2) is 4.69. The molecule has 5 nitrogen and oxygen atoms in total. The molecule has 0 aromatic carbocycles. The summed E-state index contributed by atoms with van der Waals surface area (Å²) in [4.78, 5) is 12.8. The van der Waals surface area contributed by atoms with Crippen molar-refractivity contribution in [3.8, 4) is 0 Å². The van der Waals surface area contributed by atoms with E-state index >= 15 is 0 Å². The van der Waals surface area contributed by atoms with Crippen LogP contribution in [0.5, 0.6) is 0 Å². The van der Waals surface area contributed by atoms with Crippen LogP contribution in [0.3, 0.4) is 0 Å². The van der Waals surface area contributed by atoms with Gasteiger partial charge in [0.25, 0.3) is 0 Å². The van der Waals surface area contributed by atoms with Crippen molar-refractivity contribution in [1.82, 2.24) is 10.2 Å². The van der Waals surface area contributed by atoms with Gasteiger partial charge in [-0.2, -0.15) is 0 Å². The minimum Gasteiger partial charge on any atom is -0.341 e. The monoisotopic (exact) mass is 206 g/mol. The summed E-state index contributed by atoms with van der Waals surface area (Å²) in [6.07, 6.45) is 0.917. The van der Waals surface area contributed by atoms with Crippen molar-refractivity contribution < 1.29 is 13.6 Å². The average Bonchev–Trinajstić information content (AvgIpc) is 2.53. The van der Waals surface area contributed by atoms with Crippen LogP contribution in [-0.4, -0.2) is 51.5 Å². The number of carbonyl (C=O) groups is 1. The van der Waals surface area contributed by atoms with Crippen LogP contribution in [0.4, 0.5) is 0 Å². The molecule has 0 bridgehead atoms. The lowest BCUT2D eigenvalue weighted by atomic mass is 10.2. The summed E-state index contributed by atoms with van der Waals surface area (Å²) < 4.78 is 18.9. The van der Waals surface area contributed by atoms with Crippen molar-refractivity contribution in [2.75, 3.05) is 25.9 Å². The molecule has 0 saturated carbocycles. The smallest absolute Gasteiger partial charge is 0.237 e. The molecule has 1 fully saturated rings. The van der Waals surface area contributed by atoms with Gasteiger partial charge in [0.2, 0.25) is 5.91 Å². The van der Waals surface area contributed by atoms with Gasteiger partial charge < -0.3 is 14.8 Å². The molecule has 1 rings (SSSR count). The van der Waals surface area contributed by atoms with Gasteiger partial charge in [-0.3, -0.25) is 4.79 Å². The number of likely N-dealkylation sites (N-methyl/N-ethyl adjacent to an activating group) is 1. The van der Waals surface area contributed by atoms with E-state index in [9.17, 15) is 9.00 Å². The van der Waals surface area contributed by atoms with E-state index in [0.29, 0.717) is 0 Å². The quantitative estimate of drug-likeness (QED) is 0.583. The Morgan fingerprint density at radius 1 is 1.77 bits per heavy atom. The van der Waals surface area contributed by atoms with Crippen LogP contribution in [0, 0.1) is 0 Å². The molecule has 1 amide bonds. The van der Waals surface area contributed by atoms with Crippen molar-refractivity contribution in [2.45, 2.75) is 12.5 Å². The third-order valence-corrected chi connectivity index (χ3v) is 2.72. The van der Waals surface area contributed by atoms with E-state index < -0.39 is 11.1 Å². The molecule has 0 aliphatic carbocycles. The minimum absolute atomic E-state index is 0.177. The second-order valence-corrected chi connectivity index (χ2v) is 4.05. The number of hydrogen-bond acceptors (Lipinski definition) is 3. The third-order valence-electron chi connectivity index (χ3n) is 2.22. The number of rotatable bonds is 3. The molecule has 1 heterocycles. The van der Waals surface area contributed by atoms with E-state index in [4.69, 9.17) is 4.55 Å². The molecular weight excluding hydrogens is 192 g/mol. The van der Waals surface area contributed by atoms with Crippen LogP contribution in [0.2, 0.25) is 0 Å². The Kier molecular flexibility index (Phi) is 3.83. The lowest BCUT2D eigenvalue weighted by Crippen LogP contribution is -2.40. The van der Waals surface area contributed by atoms with Gasteiger partial charge in [-0.15, -0.1) is 0 Å². The summed E-state index contributed by atoms with van der Waals surface area (Å²) in [5, 5.41) is 3.13. The molecular formula is C7H14N2O3S. The first-order chi connectivity index (χ1) is 6.11. The summed E-state index contributed by atoms with van der Waals surface area (Å²) in [7, 11) is 1.67. The van der Waals surface area contributed by atoms with Crippen LogP contribution in [0.15, 0.2) is 0 Å². The highest BCUT2D eigenvalue weighted by molar-refractivity contribution is 7.80. The van der Waals surface area contributed by atoms with Crippen LogP contribution in [0.25, 0.3) is 0 Å².